The Balaban J connectivity index is 1.71. The van der Waals surface area contributed by atoms with Gasteiger partial charge in [0.05, 0.1) is 22.1 Å². The number of halogens is 1. The highest BCUT2D eigenvalue weighted by Crippen LogP contribution is 2.25. The van der Waals surface area contributed by atoms with Gasteiger partial charge in [0.15, 0.2) is 12.4 Å². The van der Waals surface area contributed by atoms with Gasteiger partial charge in [-0.2, -0.15) is 5.26 Å². The smallest absolute Gasteiger partial charge is 0.264 e. The SMILES string of the molecule is CCC(=O)NS(=O)(=O)c1ccc(NC(=O)COc2ccccc2C(=O)c2cc(Cl)cc(C#N)c2)c(C)c1. The van der Waals surface area contributed by atoms with E-state index in [2.05, 4.69) is 5.32 Å². The second-order valence-electron chi connectivity index (χ2n) is 7.86. The van der Waals surface area contributed by atoms with E-state index in [1.807, 2.05) is 10.8 Å². The van der Waals surface area contributed by atoms with Gasteiger partial charge < -0.3 is 10.1 Å². The summed E-state index contributed by atoms with van der Waals surface area (Å²) >= 11 is 6.02. The van der Waals surface area contributed by atoms with Crippen LogP contribution in [-0.2, 0) is 19.6 Å². The Morgan fingerprint density at radius 1 is 1.03 bits per heavy atom. The Morgan fingerprint density at radius 3 is 2.43 bits per heavy atom. The van der Waals surface area contributed by atoms with Gasteiger partial charge in [0.1, 0.15) is 5.75 Å². The molecule has 2 N–H and O–H groups in total. The van der Waals surface area contributed by atoms with E-state index >= 15 is 0 Å². The molecular formula is C26H22ClN3O6S. The summed E-state index contributed by atoms with van der Waals surface area (Å²) in [7, 11) is -4.02. The molecule has 37 heavy (non-hydrogen) atoms. The van der Waals surface area contributed by atoms with E-state index in [1.54, 1.807) is 19.1 Å². The van der Waals surface area contributed by atoms with Crippen LogP contribution in [0.5, 0.6) is 5.75 Å². The second-order valence-corrected chi connectivity index (χ2v) is 9.98. The zero-order valence-corrected chi connectivity index (χ0v) is 21.4. The minimum Gasteiger partial charge on any atom is -0.483 e. The lowest BCUT2D eigenvalue weighted by Crippen LogP contribution is -2.29. The highest BCUT2D eigenvalue weighted by molar-refractivity contribution is 7.90. The van der Waals surface area contributed by atoms with Crippen molar-refractivity contribution in [1.82, 2.24) is 4.72 Å². The van der Waals surface area contributed by atoms with Crippen molar-refractivity contribution in [3.05, 3.63) is 87.9 Å². The molecule has 3 aromatic rings. The van der Waals surface area contributed by atoms with E-state index in [-0.39, 0.29) is 38.8 Å². The molecule has 0 atom stereocenters. The number of aryl methyl sites for hydroxylation is 1. The highest BCUT2D eigenvalue weighted by Gasteiger charge is 2.19. The van der Waals surface area contributed by atoms with Gasteiger partial charge in [-0.05, 0) is 61.0 Å². The summed E-state index contributed by atoms with van der Waals surface area (Å²) in [6, 6.07) is 16.6. The number of nitrogens with zero attached hydrogens (tertiary/aromatic N) is 1. The predicted octanol–water partition coefficient (Wildman–Crippen LogP) is 3.98. The fraction of sp³-hybridized carbons (Fsp3) is 0.154. The Hall–Kier alpha value is -4.20. The molecule has 0 fully saturated rings. The number of hydrogen-bond acceptors (Lipinski definition) is 7. The molecule has 3 rings (SSSR count). The molecule has 0 unspecified atom stereocenters. The summed E-state index contributed by atoms with van der Waals surface area (Å²) in [6.45, 7) is 2.70. The summed E-state index contributed by atoms with van der Waals surface area (Å²) in [6.07, 6.45) is 0.0150. The van der Waals surface area contributed by atoms with E-state index < -0.39 is 34.2 Å². The van der Waals surface area contributed by atoms with Gasteiger partial charge in [-0.15, -0.1) is 0 Å². The van der Waals surface area contributed by atoms with Crippen LogP contribution in [0.4, 0.5) is 5.69 Å². The van der Waals surface area contributed by atoms with Crippen molar-refractivity contribution < 1.29 is 27.5 Å². The Kier molecular flexibility index (Phi) is 8.65. The van der Waals surface area contributed by atoms with Gasteiger partial charge in [-0.3, -0.25) is 14.4 Å². The van der Waals surface area contributed by atoms with Crippen LogP contribution in [-0.4, -0.2) is 32.6 Å². The minimum absolute atomic E-state index is 0.0150. The van der Waals surface area contributed by atoms with E-state index in [0.29, 0.717) is 11.3 Å². The lowest BCUT2D eigenvalue weighted by atomic mass is 10.0. The summed E-state index contributed by atoms with van der Waals surface area (Å²) in [5, 5.41) is 12.0. The number of nitrogens with one attached hydrogen (secondary N) is 2. The maximum absolute atomic E-state index is 13.0. The van der Waals surface area contributed by atoms with Crippen LogP contribution in [0.15, 0.2) is 65.6 Å². The van der Waals surface area contributed by atoms with Crippen LogP contribution in [0.2, 0.25) is 5.02 Å². The van der Waals surface area contributed by atoms with Crippen molar-refractivity contribution >= 4 is 44.9 Å². The first kappa shape index (κ1) is 27.4. The second kappa shape index (κ2) is 11.7. The van der Waals surface area contributed by atoms with Gasteiger partial charge in [0.25, 0.3) is 15.9 Å². The third kappa shape index (κ3) is 6.94. The molecule has 0 saturated heterocycles. The Bertz CT molecular complexity index is 1530. The fourth-order valence-corrected chi connectivity index (χ4v) is 4.65. The first-order chi connectivity index (χ1) is 17.5. The monoisotopic (exact) mass is 539 g/mol. The van der Waals surface area contributed by atoms with Crippen LogP contribution in [0, 0.1) is 18.3 Å². The predicted molar refractivity (Wildman–Crippen MR) is 137 cm³/mol. The van der Waals surface area contributed by atoms with Gasteiger partial charge in [0.2, 0.25) is 5.91 Å². The van der Waals surface area contributed by atoms with E-state index in [9.17, 15) is 22.8 Å². The number of nitriles is 1. The number of amides is 2. The quantitative estimate of drug-likeness (QED) is 0.391. The topological polar surface area (TPSA) is 142 Å². The number of rotatable bonds is 9. The van der Waals surface area contributed by atoms with Crippen LogP contribution >= 0.6 is 11.6 Å². The normalized spacial score (nSPS) is 10.8. The Morgan fingerprint density at radius 2 is 1.76 bits per heavy atom. The average Bonchev–Trinajstić information content (AvgIpc) is 2.87. The molecule has 11 heteroatoms. The van der Waals surface area contributed by atoms with Gasteiger partial charge >= 0.3 is 0 Å². The van der Waals surface area contributed by atoms with E-state index in [1.165, 1.54) is 55.5 Å². The third-order valence-electron chi connectivity index (χ3n) is 5.13. The average molecular weight is 540 g/mol. The standard InChI is InChI=1S/C26H22ClN3O6S/c1-3-24(31)30-37(34,35)20-8-9-22(16(2)10-20)29-25(32)15-36-23-7-5-4-6-21(23)26(33)18-11-17(14-28)12-19(27)13-18/h4-13H,3,15H2,1-2H3,(H,29,32)(H,30,31). The molecule has 9 nitrogen and oxygen atoms in total. The third-order valence-corrected chi connectivity index (χ3v) is 6.72. The van der Waals surface area contributed by atoms with Crippen LogP contribution < -0.4 is 14.8 Å². The number of ether oxygens (including phenoxy) is 1. The summed E-state index contributed by atoms with van der Waals surface area (Å²) in [5.74, 6) is -1.45. The van der Waals surface area contributed by atoms with Crippen molar-refractivity contribution in [2.24, 2.45) is 0 Å². The first-order valence-electron chi connectivity index (χ1n) is 11.0. The van der Waals surface area contributed by atoms with Gasteiger partial charge in [-0.1, -0.05) is 30.7 Å². The number of anilines is 1. The maximum Gasteiger partial charge on any atom is 0.264 e. The molecule has 0 heterocycles. The zero-order chi connectivity index (χ0) is 27.2. The summed E-state index contributed by atoms with van der Waals surface area (Å²) in [4.78, 5) is 36.9. The molecule has 0 aliphatic carbocycles. The molecule has 0 aliphatic rings. The summed E-state index contributed by atoms with van der Waals surface area (Å²) in [5.41, 5.74) is 1.41. The minimum atomic E-state index is -4.02. The highest BCUT2D eigenvalue weighted by atomic mass is 35.5. The molecule has 190 valence electrons. The maximum atomic E-state index is 13.0. The number of para-hydroxylation sites is 1. The molecule has 0 radical (unpaired) electrons. The number of ketones is 1. The van der Waals surface area contributed by atoms with Crippen molar-refractivity contribution in [3.8, 4) is 11.8 Å². The van der Waals surface area contributed by atoms with Crippen LogP contribution in [0.1, 0.15) is 40.4 Å². The number of sulfonamides is 1. The zero-order valence-electron chi connectivity index (χ0n) is 19.9. The first-order valence-corrected chi connectivity index (χ1v) is 12.8. The largest absolute Gasteiger partial charge is 0.483 e. The van der Waals surface area contributed by atoms with E-state index in [4.69, 9.17) is 21.6 Å². The lowest BCUT2D eigenvalue weighted by molar-refractivity contribution is -0.119. The van der Waals surface area contributed by atoms with Crippen molar-refractivity contribution in [1.29, 1.82) is 5.26 Å². The van der Waals surface area contributed by atoms with Crippen molar-refractivity contribution in [3.63, 3.8) is 0 Å². The van der Waals surface area contributed by atoms with Crippen LogP contribution in [0.3, 0.4) is 0 Å². The van der Waals surface area contributed by atoms with Crippen molar-refractivity contribution in [2.75, 3.05) is 11.9 Å². The molecule has 2 amide bonds. The number of hydrogen-bond donors (Lipinski definition) is 2. The van der Waals surface area contributed by atoms with Gasteiger partial charge in [-0.25, -0.2) is 13.1 Å². The van der Waals surface area contributed by atoms with Crippen molar-refractivity contribution in [2.45, 2.75) is 25.2 Å². The molecule has 0 bridgehead atoms. The molecule has 0 spiro atoms. The Labute approximate surface area is 219 Å². The molecule has 0 aromatic heterocycles. The van der Waals surface area contributed by atoms with Crippen LogP contribution in [0.25, 0.3) is 0 Å². The summed E-state index contributed by atoms with van der Waals surface area (Å²) < 4.78 is 32.2. The molecule has 3 aromatic carbocycles. The van der Waals surface area contributed by atoms with E-state index in [0.717, 1.165) is 0 Å². The van der Waals surface area contributed by atoms with Gasteiger partial charge in [0, 0.05) is 22.7 Å². The number of benzene rings is 3. The molecule has 0 aliphatic heterocycles. The number of carbonyl (C=O) groups excluding carboxylic acids is 3. The lowest BCUT2D eigenvalue weighted by Gasteiger charge is -2.13. The molecule has 0 saturated carbocycles. The molecular weight excluding hydrogens is 518 g/mol. The fourth-order valence-electron chi connectivity index (χ4n) is 3.27. The number of carbonyl (C=O) groups is 3.